The molecule has 3 aromatic rings. The molecule has 12 heteroatoms. The fourth-order valence-corrected chi connectivity index (χ4v) is 3.82. The molecule has 9 nitrogen and oxygen atoms in total. The minimum Gasteiger partial charge on any atom is -0.481 e. The van der Waals surface area contributed by atoms with Crippen LogP contribution >= 0.6 is 35.1 Å². The van der Waals surface area contributed by atoms with Crippen LogP contribution in [0, 0.1) is 0 Å². The first kappa shape index (κ1) is 23.7. The van der Waals surface area contributed by atoms with E-state index >= 15 is 0 Å². The smallest absolute Gasteiger partial charge is 0.325 e. The maximum atomic E-state index is 12.7. The molecule has 0 spiro atoms. The first-order valence-electron chi connectivity index (χ1n) is 9.31. The van der Waals surface area contributed by atoms with E-state index in [9.17, 15) is 14.4 Å². The molecule has 0 aliphatic rings. The highest BCUT2D eigenvalue weighted by molar-refractivity contribution is 7.97. The Morgan fingerprint density at radius 2 is 1.97 bits per heavy atom. The number of hydrogen-bond donors (Lipinski definition) is 4. The monoisotopic (exact) mass is 495 g/mol. The third kappa shape index (κ3) is 5.64. The number of urea groups is 1. The van der Waals surface area contributed by atoms with Crippen LogP contribution in [0.1, 0.15) is 23.8 Å². The van der Waals surface area contributed by atoms with Crippen molar-refractivity contribution in [3.63, 3.8) is 0 Å². The van der Waals surface area contributed by atoms with E-state index in [4.69, 9.17) is 28.3 Å². The summed E-state index contributed by atoms with van der Waals surface area (Å²) in [6, 6.07) is 7.36. The maximum Gasteiger partial charge on any atom is 0.325 e. The summed E-state index contributed by atoms with van der Waals surface area (Å²) < 4.78 is 4.24. The van der Waals surface area contributed by atoms with E-state index in [1.807, 2.05) is 0 Å². The minimum absolute atomic E-state index is 0.180. The number of anilines is 1. The largest absolute Gasteiger partial charge is 0.481 e. The lowest BCUT2D eigenvalue weighted by Crippen LogP contribution is -2.39. The average Bonchev–Trinajstić information content (AvgIpc) is 3.07. The summed E-state index contributed by atoms with van der Waals surface area (Å²) in [4.78, 5) is 39.3. The fourth-order valence-electron chi connectivity index (χ4n) is 2.94. The van der Waals surface area contributed by atoms with Crippen molar-refractivity contribution in [1.29, 1.82) is 0 Å². The molecule has 0 saturated carbocycles. The van der Waals surface area contributed by atoms with Crippen molar-refractivity contribution in [2.24, 2.45) is 7.05 Å². The molecule has 4 N–H and O–H groups in total. The Balaban J connectivity index is 1.60. The molecular weight excluding hydrogens is 477 g/mol. The normalized spacial score (nSPS) is 11.8. The Morgan fingerprint density at radius 1 is 1.22 bits per heavy atom. The number of aromatic nitrogens is 2. The number of fused-ring (bicyclic) bond motifs is 1. The van der Waals surface area contributed by atoms with Gasteiger partial charge in [0.15, 0.2) is 0 Å². The van der Waals surface area contributed by atoms with Gasteiger partial charge in [0.1, 0.15) is 10.7 Å². The Hall–Kier alpha value is -2.95. The molecule has 1 atom stereocenters. The van der Waals surface area contributed by atoms with Gasteiger partial charge in [-0.05, 0) is 37.3 Å². The number of nitrogens with zero attached hydrogens (tertiary/aromatic N) is 2. The number of hydrogen-bond acceptors (Lipinski definition) is 5. The zero-order valence-electron chi connectivity index (χ0n) is 17.0. The van der Waals surface area contributed by atoms with Gasteiger partial charge in [0.05, 0.1) is 28.4 Å². The molecule has 0 aliphatic carbocycles. The Bertz CT molecular complexity index is 1180. The zero-order chi connectivity index (χ0) is 23.4. The second-order valence-corrected chi connectivity index (χ2v) is 8.51. The van der Waals surface area contributed by atoms with Gasteiger partial charge in [-0.1, -0.05) is 23.2 Å². The molecule has 3 amide bonds. The Morgan fingerprint density at radius 3 is 2.62 bits per heavy atom. The summed E-state index contributed by atoms with van der Waals surface area (Å²) in [6.07, 6.45) is 1.28. The number of aryl methyl sites for hydroxylation is 1. The maximum absolute atomic E-state index is 12.7. The summed E-state index contributed by atoms with van der Waals surface area (Å²) in [6.45, 7) is 1.59. The van der Waals surface area contributed by atoms with Crippen LogP contribution in [0.15, 0.2) is 41.6 Å². The minimum atomic E-state index is -1.000. The molecule has 1 aromatic carbocycles. The van der Waals surface area contributed by atoms with Crippen molar-refractivity contribution in [1.82, 2.24) is 19.6 Å². The van der Waals surface area contributed by atoms with E-state index in [0.29, 0.717) is 31.8 Å². The van der Waals surface area contributed by atoms with Crippen LogP contribution in [-0.4, -0.2) is 38.6 Å². The summed E-state index contributed by atoms with van der Waals surface area (Å²) in [5.41, 5.74) is 1.64. The highest BCUT2D eigenvalue weighted by Gasteiger charge is 2.17. The van der Waals surface area contributed by atoms with Gasteiger partial charge in [-0.2, -0.15) is 0 Å². The van der Waals surface area contributed by atoms with Crippen LogP contribution in [0.5, 0.6) is 0 Å². The van der Waals surface area contributed by atoms with E-state index in [0.717, 1.165) is 17.5 Å². The quantitative estimate of drug-likeness (QED) is 0.362. The second-order valence-electron chi connectivity index (χ2n) is 6.90. The Labute approximate surface area is 197 Å². The molecule has 1 unspecified atom stereocenters. The number of halogens is 2. The molecule has 3 rings (SSSR count). The number of carbonyl (C=O) groups is 3. The predicted molar refractivity (Wildman–Crippen MR) is 124 cm³/mol. The highest BCUT2D eigenvalue weighted by Crippen LogP contribution is 2.32. The molecular formula is C20H19Cl2N5O4S. The molecule has 0 aliphatic heterocycles. The number of nitrogens with one attached hydrogen (secondary N) is 3. The van der Waals surface area contributed by atoms with Crippen molar-refractivity contribution in [2.75, 3.05) is 5.32 Å². The van der Waals surface area contributed by atoms with Crippen LogP contribution in [-0.2, 0) is 11.8 Å². The van der Waals surface area contributed by atoms with E-state index in [1.54, 1.807) is 48.9 Å². The molecule has 0 bridgehead atoms. The van der Waals surface area contributed by atoms with Crippen molar-refractivity contribution in [3.8, 4) is 0 Å². The van der Waals surface area contributed by atoms with Crippen molar-refractivity contribution in [2.45, 2.75) is 24.4 Å². The van der Waals surface area contributed by atoms with E-state index in [1.165, 1.54) is 6.20 Å². The van der Waals surface area contributed by atoms with Gasteiger partial charge in [-0.3, -0.25) is 14.3 Å². The third-order valence-electron chi connectivity index (χ3n) is 4.45. The lowest BCUT2D eigenvalue weighted by molar-refractivity contribution is -0.137. The first-order valence-corrected chi connectivity index (χ1v) is 10.9. The lowest BCUT2D eigenvalue weighted by Gasteiger charge is -2.12. The van der Waals surface area contributed by atoms with Gasteiger partial charge < -0.3 is 20.3 Å². The zero-order valence-corrected chi connectivity index (χ0v) is 19.3. The SMILES string of the molecule is CC(CC(=O)O)NC(=O)NSc1ccc(NC(=O)c2cc3c(Cl)c(Cl)ccc3n2C)cn1. The van der Waals surface area contributed by atoms with Crippen molar-refractivity contribution < 1.29 is 19.5 Å². The summed E-state index contributed by atoms with van der Waals surface area (Å²) in [5.74, 6) is -1.34. The molecule has 2 heterocycles. The number of benzene rings is 1. The third-order valence-corrected chi connectivity index (χ3v) is 6.00. The van der Waals surface area contributed by atoms with Crippen LogP contribution in [0.4, 0.5) is 10.5 Å². The van der Waals surface area contributed by atoms with Crippen LogP contribution < -0.4 is 15.4 Å². The van der Waals surface area contributed by atoms with E-state index < -0.39 is 18.0 Å². The number of carboxylic acids is 1. The topological polar surface area (TPSA) is 125 Å². The van der Waals surface area contributed by atoms with E-state index in [2.05, 4.69) is 20.3 Å². The number of carbonyl (C=O) groups excluding carboxylic acids is 2. The van der Waals surface area contributed by atoms with Crippen LogP contribution in [0.2, 0.25) is 10.0 Å². The number of carboxylic acid groups (broad SMARTS) is 1. The van der Waals surface area contributed by atoms with Gasteiger partial charge >= 0.3 is 12.0 Å². The molecule has 2 aromatic heterocycles. The van der Waals surface area contributed by atoms with Gasteiger partial charge in [0.25, 0.3) is 5.91 Å². The molecule has 168 valence electrons. The molecule has 0 fully saturated rings. The van der Waals surface area contributed by atoms with Crippen LogP contribution in [0.3, 0.4) is 0 Å². The van der Waals surface area contributed by atoms with Gasteiger partial charge in [0.2, 0.25) is 0 Å². The van der Waals surface area contributed by atoms with Gasteiger partial charge in [0, 0.05) is 35.9 Å². The first-order chi connectivity index (χ1) is 15.2. The fraction of sp³-hybridized carbons (Fsp3) is 0.200. The molecule has 0 saturated heterocycles. The molecule has 32 heavy (non-hydrogen) atoms. The van der Waals surface area contributed by atoms with Crippen LogP contribution in [0.25, 0.3) is 10.9 Å². The van der Waals surface area contributed by atoms with E-state index in [-0.39, 0.29) is 12.3 Å². The second kappa shape index (κ2) is 10.1. The number of pyridine rings is 1. The lowest BCUT2D eigenvalue weighted by atomic mass is 10.2. The number of aliphatic carboxylic acids is 1. The predicted octanol–water partition coefficient (Wildman–Crippen LogP) is 4.30. The van der Waals surface area contributed by atoms with Gasteiger partial charge in [-0.15, -0.1) is 0 Å². The molecule has 0 radical (unpaired) electrons. The Kier molecular flexibility index (Phi) is 7.49. The number of rotatable bonds is 7. The summed E-state index contributed by atoms with van der Waals surface area (Å²) >= 11 is 13.3. The van der Waals surface area contributed by atoms with Gasteiger partial charge in [-0.25, -0.2) is 9.78 Å². The highest BCUT2D eigenvalue weighted by atomic mass is 35.5. The summed E-state index contributed by atoms with van der Waals surface area (Å²) in [7, 11) is 1.76. The number of amides is 3. The van der Waals surface area contributed by atoms with Crippen molar-refractivity contribution in [3.05, 3.63) is 52.3 Å². The summed E-state index contributed by atoms with van der Waals surface area (Å²) in [5, 5.41) is 15.9. The van der Waals surface area contributed by atoms with Crippen molar-refractivity contribution >= 4 is 69.6 Å². The average molecular weight is 496 g/mol. The standard InChI is InChI=1S/C20H19Cl2N5O4S/c1-10(7-17(28)29)24-20(31)26-32-16-6-3-11(9-23-16)25-19(30)15-8-12-14(27(15)2)5-4-13(21)18(12)22/h3-6,8-10H,7H2,1-2H3,(H,25,30)(H,28,29)(H2,24,26,31).